The average Bonchev–Trinajstić information content (AvgIpc) is 3.11. The van der Waals surface area contributed by atoms with E-state index in [1.165, 1.54) is 12.0 Å². The number of hydrogen-bond acceptors (Lipinski definition) is 3. The van der Waals surface area contributed by atoms with E-state index in [0.29, 0.717) is 0 Å². The van der Waals surface area contributed by atoms with Crippen LogP contribution in [-0.4, -0.2) is 33.4 Å². The number of aromatic nitrogens is 2. The summed E-state index contributed by atoms with van der Waals surface area (Å²) in [6.07, 6.45) is 3.37. The van der Waals surface area contributed by atoms with Crippen molar-refractivity contribution in [3.63, 3.8) is 0 Å². The van der Waals surface area contributed by atoms with Crippen molar-refractivity contribution in [2.75, 3.05) is 18.4 Å². The highest BCUT2D eigenvalue weighted by Gasteiger charge is 2.36. The van der Waals surface area contributed by atoms with E-state index in [-0.39, 0.29) is 11.9 Å². The van der Waals surface area contributed by atoms with Crippen molar-refractivity contribution in [3.05, 3.63) is 70.9 Å². The van der Waals surface area contributed by atoms with Crippen molar-refractivity contribution in [1.29, 1.82) is 0 Å². The van der Waals surface area contributed by atoms with E-state index < -0.39 is 0 Å². The number of hydrogen-bond donors (Lipinski definition) is 1. The minimum Gasteiger partial charge on any atom is -0.339 e. The molecule has 2 aliphatic rings. The van der Waals surface area contributed by atoms with Crippen molar-refractivity contribution in [2.24, 2.45) is 0 Å². The largest absolute Gasteiger partial charge is 0.339 e. The van der Waals surface area contributed by atoms with Gasteiger partial charge in [0.2, 0.25) is 5.95 Å². The summed E-state index contributed by atoms with van der Waals surface area (Å²) < 4.78 is 2.18. The van der Waals surface area contributed by atoms with E-state index in [0.717, 1.165) is 59.7 Å². The molecule has 1 fully saturated rings. The molecule has 5 rings (SSSR count). The van der Waals surface area contributed by atoms with Crippen LogP contribution in [0.1, 0.15) is 43.4 Å². The summed E-state index contributed by atoms with van der Waals surface area (Å²) in [6.45, 7) is 5.77. The Morgan fingerprint density at radius 3 is 2.48 bits per heavy atom. The smallest absolute Gasteiger partial charge is 0.254 e. The molecule has 2 aromatic carbocycles. The molecule has 1 saturated heterocycles. The first-order chi connectivity index (χ1) is 14.1. The number of imidazole rings is 1. The lowest BCUT2D eigenvalue weighted by molar-refractivity contribution is -0.128. The fourth-order valence-corrected chi connectivity index (χ4v) is 4.57. The lowest BCUT2D eigenvalue weighted by atomic mass is 9.93. The molecule has 2 aliphatic heterocycles. The Morgan fingerprint density at radius 1 is 1.00 bits per heavy atom. The third kappa shape index (κ3) is 3.01. The average molecular weight is 386 g/mol. The Bertz CT molecular complexity index is 1100. The number of anilines is 1. The lowest BCUT2D eigenvalue weighted by Crippen LogP contribution is -2.40. The zero-order chi connectivity index (χ0) is 20.0. The van der Waals surface area contributed by atoms with Gasteiger partial charge in [0, 0.05) is 18.8 Å². The van der Waals surface area contributed by atoms with E-state index in [1.807, 2.05) is 30.0 Å². The summed E-state index contributed by atoms with van der Waals surface area (Å²) in [4.78, 5) is 20.5. The monoisotopic (exact) mass is 386 g/mol. The summed E-state index contributed by atoms with van der Waals surface area (Å²) >= 11 is 0. The van der Waals surface area contributed by atoms with Crippen LogP contribution in [0, 0.1) is 6.92 Å². The number of piperidine rings is 1. The number of carbonyl (C=O) groups excluding carboxylic acids is 1. The van der Waals surface area contributed by atoms with Gasteiger partial charge in [-0.3, -0.25) is 9.36 Å². The Kier molecular flexibility index (Phi) is 4.38. The first kappa shape index (κ1) is 18.0. The molecule has 0 spiro atoms. The van der Waals surface area contributed by atoms with Crippen LogP contribution in [-0.2, 0) is 4.79 Å². The number of aryl methyl sites for hydroxylation is 1. The fourth-order valence-electron chi connectivity index (χ4n) is 4.57. The zero-order valence-electron chi connectivity index (χ0n) is 17.0. The standard InChI is InChI=1S/C24H26N4O/c1-16-10-12-18(13-11-16)22-21(23(29)27-14-6-3-7-15-27)17(2)25-24-26-19-8-4-5-9-20(19)28(22)24/h4-5,8-13,22H,3,6-7,14-15H2,1-2H3,(H,25,26). The molecule has 0 radical (unpaired) electrons. The SMILES string of the molecule is CC1=C(C(=O)N2CCCCC2)C(c2ccc(C)cc2)n2c(nc3ccccc32)N1. The molecule has 1 atom stereocenters. The molecular formula is C24H26N4O. The third-order valence-corrected chi connectivity index (χ3v) is 6.10. The van der Waals surface area contributed by atoms with E-state index in [4.69, 9.17) is 4.98 Å². The van der Waals surface area contributed by atoms with Gasteiger partial charge >= 0.3 is 0 Å². The van der Waals surface area contributed by atoms with Gasteiger partial charge in [-0.15, -0.1) is 0 Å². The number of fused-ring (bicyclic) bond motifs is 3. The first-order valence-electron chi connectivity index (χ1n) is 10.4. The van der Waals surface area contributed by atoms with Gasteiger partial charge in [0.05, 0.1) is 22.6 Å². The third-order valence-electron chi connectivity index (χ3n) is 6.10. The van der Waals surface area contributed by atoms with Gasteiger partial charge in [-0.05, 0) is 50.8 Å². The molecule has 1 amide bonds. The summed E-state index contributed by atoms with van der Waals surface area (Å²) in [5, 5.41) is 3.41. The predicted octanol–water partition coefficient (Wildman–Crippen LogP) is 4.65. The molecule has 0 bridgehead atoms. The highest BCUT2D eigenvalue weighted by Crippen LogP contribution is 2.40. The highest BCUT2D eigenvalue weighted by atomic mass is 16.2. The quantitative estimate of drug-likeness (QED) is 0.698. The maximum atomic E-state index is 13.7. The number of rotatable bonds is 2. The van der Waals surface area contributed by atoms with E-state index in [9.17, 15) is 4.79 Å². The van der Waals surface area contributed by atoms with Gasteiger partial charge in [-0.1, -0.05) is 42.0 Å². The first-order valence-corrected chi connectivity index (χ1v) is 10.4. The number of likely N-dealkylation sites (tertiary alicyclic amines) is 1. The number of carbonyl (C=O) groups is 1. The molecule has 1 N–H and O–H groups in total. The molecule has 0 aliphatic carbocycles. The van der Waals surface area contributed by atoms with Gasteiger partial charge in [0.15, 0.2) is 0 Å². The fraction of sp³-hybridized carbons (Fsp3) is 0.333. The van der Waals surface area contributed by atoms with Crippen LogP contribution >= 0.6 is 0 Å². The Balaban J connectivity index is 1.69. The normalized spacial score (nSPS) is 19.2. The summed E-state index contributed by atoms with van der Waals surface area (Å²) in [6, 6.07) is 16.5. The van der Waals surface area contributed by atoms with Gasteiger partial charge in [-0.25, -0.2) is 4.98 Å². The van der Waals surface area contributed by atoms with Gasteiger partial charge in [0.1, 0.15) is 0 Å². The molecule has 3 heterocycles. The highest BCUT2D eigenvalue weighted by molar-refractivity contribution is 5.98. The van der Waals surface area contributed by atoms with Crippen LogP contribution < -0.4 is 5.32 Å². The molecule has 5 heteroatoms. The minimum atomic E-state index is -0.186. The topological polar surface area (TPSA) is 50.2 Å². The summed E-state index contributed by atoms with van der Waals surface area (Å²) in [7, 11) is 0. The molecule has 0 saturated carbocycles. The van der Waals surface area contributed by atoms with Crippen molar-refractivity contribution >= 4 is 22.9 Å². The minimum absolute atomic E-state index is 0.142. The van der Waals surface area contributed by atoms with Crippen molar-refractivity contribution in [2.45, 2.75) is 39.2 Å². The van der Waals surface area contributed by atoms with Crippen LogP contribution in [0.4, 0.5) is 5.95 Å². The number of amides is 1. The Morgan fingerprint density at radius 2 is 1.72 bits per heavy atom. The Hall–Kier alpha value is -3.08. The summed E-state index contributed by atoms with van der Waals surface area (Å²) in [5.41, 5.74) is 6.02. The van der Waals surface area contributed by atoms with Crippen LogP contribution in [0.5, 0.6) is 0 Å². The van der Waals surface area contributed by atoms with Gasteiger partial charge < -0.3 is 10.2 Å². The van der Waals surface area contributed by atoms with E-state index >= 15 is 0 Å². The molecule has 1 unspecified atom stereocenters. The van der Waals surface area contributed by atoms with Crippen LogP contribution in [0.15, 0.2) is 59.8 Å². The van der Waals surface area contributed by atoms with Crippen molar-refractivity contribution in [3.8, 4) is 0 Å². The van der Waals surface area contributed by atoms with Crippen LogP contribution in [0.2, 0.25) is 0 Å². The zero-order valence-corrected chi connectivity index (χ0v) is 17.0. The molecular weight excluding hydrogens is 360 g/mol. The number of nitrogens with one attached hydrogen (secondary N) is 1. The molecule has 148 valence electrons. The second-order valence-corrected chi connectivity index (χ2v) is 8.12. The maximum Gasteiger partial charge on any atom is 0.254 e. The van der Waals surface area contributed by atoms with Gasteiger partial charge in [0.25, 0.3) is 5.91 Å². The summed E-state index contributed by atoms with van der Waals surface area (Å²) in [5.74, 6) is 0.938. The number of allylic oxidation sites excluding steroid dienone is 1. The van der Waals surface area contributed by atoms with Crippen LogP contribution in [0.3, 0.4) is 0 Å². The van der Waals surface area contributed by atoms with Crippen molar-refractivity contribution < 1.29 is 4.79 Å². The number of para-hydroxylation sites is 2. The van der Waals surface area contributed by atoms with E-state index in [2.05, 4.69) is 47.1 Å². The van der Waals surface area contributed by atoms with Crippen molar-refractivity contribution in [1.82, 2.24) is 14.5 Å². The second kappa shape index (κ2) is 7.07. The number of nitrogens with zero attached hydrogens (tertiary/aromatic N) is 3. The van der Waals surface area contributed by atoms with E-state index in [1.54, 1.807) is 0 Å². The molecule has 29 heavy (non-hydrogen) atoms. The predicted molar refractivity (Wildman–Crippen MR) is 116 cm³/mol. The second-order valence-electron chi connectivity index (χ2n) is 8.12. The maximum absolute atomic E-state index is 13.7. The Labute approximate surface area is 171 Å². The van der Waals surface area contributed by atoms with Gasteiger partial charge in [-0.2, -0.15) is 0 Å². The lowest BCUT2D eigenvalue weighted by Gasteiger charge is -2.35. The number of benzene rings is 2. The molecule has 3 aromatic rings. The molecule has 5 nitrogen and oxygen atoms in total. The molecule has 1 aromatic heterocycles. The van der Waals surface area contributed by atoms with Crippen LogP contribution in [0.25, 0.3) is 11.0 Å².